The number of aliphatic hydroxyl groups excluding tert-OH is 1. The van der Waals surface area contributed by atoms with Gasteiger partial charge in [0.05, 0.1) is 0 Å². The summed E-state index contributed by atoms with van der Waals surface area (Å²) in [6.45, 7) is 3.36. The molecule has 0 spiro atoms. The summed E-state index contributed by atoms with van der Waals surface area (Å²) < 4.78 is 4.51. The lowest BCUT2D eigenvalue weighted by Crippen LogP contribution is -2.37. The van der Waals surface area contributed by atoms with Crippen molar-refractivity contribution in [2.45, 2.75) is 18.9 Å². The van der Waals surface area contributed by atoms with Crippen LogP contribution in [0.15, 0.2) is 48.5 Å². The van der Waals surface area contributed by atoms with Gasteiger partial charge in [-0.25, -0.2) is 9.15 Å². The molecular formula is C21H28Br4N2O+2. The highest BCUT2D eigenvalue weighted by molar-refractivity contribution is 8.93. The Hall–Kier alpha value is -0.340. The molecule has 0 fully saturated rings. The summed E-state index contributed by atoms with van der Waals surface area (Å²) in [5, 5.41) is 10.5. The Morgan fingerprint density at radius 1 is 0.679 bits per heavy atom. The first-order chi connectivity index (χ1) is 11.8. The molecule has 0 saturated heterocycles. The van der Waals surface area contributed by atoms with E-state index in [9.17, 15) is 5.11 Å². The van der Waals surface area contributed by atoms with Crippen molar-refractivity contribution in [2.75, 3.05) is 26.2 Å². The van der Waals surface area contributed by atoms with Gasteiger partial charge >= 0.3 is 0 Å². The highest BCUT2D eigenvalue weighted by Crippen LogP contribution is 2.13. The van der Waals surface area contributed by atoms with Gasteiger partial charge in [-0.3, -0.25) is 0 Å². The molecule has 3 nitrogen and oxygen atoms in total. The van der Waals surface area contributed by atoms with E-state index in [-0.39, 0.29) is 74.0 Å². The molecule has 0 unspecified atom stereocenters. The number of hydrogen-bond acceptors (Lipinski definition) is 1. The third-order valence-corrected chi connectivity index (χ3v) is 4.98. The van der Waals surface area contributed by atoms with Crippen molar-refractivity contribution in [1.82, 2.24) is 0 Å². The van der Waals surface area contributed by atoms with Crippen molar-refractivity contribution >= 4 is 80.4 Å². The predicted molar refractivity (Wildman–Crippen MR) is 138 cm³/mol. The van der Waals surface area contributed by atoms with Gasteiger partial charge in [0.2, 0.25) is 0 Å². The normalized spacial score (nSPS) is 13.9. The van der Waals surface area contributed by atoms with Gasteiger partial charge < -0.3 is 5.11 Å². The van der Waals surface area contributed by atoms with Crippen molar-refractivity contribution in [3.8, 4) is 0 Å². The van der Waals surface area contributed by atoms with Gasteiger partial charge in [-0.05, 0) is 23.3 Å². The maximum Gasteiger partial charge on any atom is 0.174 e. The SMILES string of the molecule is Br.Br.Br.Br.OC(C[N+]1=Cc2ccccc2CC1)C[N+]1=Cc2ccccc2CC1. The number of hydrogen-bond donors (Lipinski definition) is 1. The van der Waals surface area contributed by atoms with Crippen LogP contribution in [0.2, 0.25) is 0 Å². The fraction of sp³-hybridized carbons (Fsp3) is 0.333. The third-order valence-electron chi connectivity index (χ3n) is 4.98. The van der Waals surface area contributed by atoms with Crippen molar-refractivity contribution < 1.29 is 14.3 Å². The highest BCUT2D eigenvalue weighted by Gasteiger charge is 2.23. The Balaban J connectivity index is 0.00000182. The molecule has 2 aliphatic heterocycles. The average Bonchev–Trinajstić information content (AvgIpc) is 2.61. The van der Waals surface area contributed by atoms with Gasteiger partial charge in [0.1, 0.15) is 13.1 Å². The number of benzene rings is 2. The van der Waals surface area contributed by atoms with E-state index >= 15 is 0 Å². The van der Waals surface area contributed by atoms with E-state index in [1.54, 1.807) is 0 Å². The quantitative estimate of drug-likeness (QED) is 0.501. The van der Waals surface area contributed by atoms with Crippen molar-refractivity contribution in [2.24, 2.45) is 0 Å². The Kier molecular flexibility index (Phi) is 12.9. The number of β-amino-alcohol motifs (C(OH)–C–C–N with tert-alkyl or cyclic N) is 1. The largest absolute Gasteiger partial charge is 0.381 e. The molecule has 2 aromatic rings. The molecule has 0 aliphatic carbocycles. The van der Waals surface area contributed by atoms with E-state index in [1.807, 2.05) is 0 Å². The minimum Gasteiger partial charge on any atom is -0.381 e. The minimum atomic E-state index is -0.340. The first kappa shape index (κ1) is 27.7. The molecule has 28 heavy (non-hydrogen) atoms. The van der Waals surface area contributed by atoms with E-state index in [1.165, 1.54) is 22.3 Å². The van der Waals surface area contributed by atoms with Crippen LogP contribution in [-0.2, 0) is 12.8 Å². The van der Waals surface area contributed by atoms with E-state index in [0.717, 1.165) is 25.9 Å². The second kappa shape index (κ2) is 13.1. The fourth-order valence-electron chi connectivity index (χ4n) is 3.71. The number of aliphatic hydroxyl groups is 1. The minimum absolute atomic E-state index is 0. The molecule has 0 atom stereocenters. The fourth-order valence-corrected chi connectivity index (χ4v) is 3.71. The summed E-state index contributed by atoms with van der Waals surface area (Å²) >= 11 is 0. The van der Waals surface area contributed by atoms with Crippen LogP contribution in [0, 0.1) is 0 Å². The van der Waals surface area contributed by atoms with E-state index in [4.69, 9.17) is 0 Å². The smallest absolute Gasteiger partial charge is 0.174 e. The Labute approximate surface area is 209 Å². The zero-order valence-corrected chi connectivity index (χ0v) is 22.4. The van der Waals surface area contributed by atoms with Crippen LogP contribution >= 0.6 is 67.9 Å². The number of halogens is 4. The maximum atomic E-state index is 10.5. The van der Waals surface area contributed by atoms with Gasteiger partial charge in [0.25, 0.3) is 0 Å². The van der Waals surface area contributed by atoms with Crippen molar-refractivity contribution in [1.29, 1.82) is 0 Å². The first-order valence-electron chi connectivity index (χ1n) is 8.80. The van der Waals surface area contributed by atoms with E-state index in [0.29, 0.717) is 13.1 Å². The monoisotopic (exact) mass is 640 g/mol. The molecule has 4 rings (SSSR count). The molecule has 7 heteroatoms. The second-order valence-corrected chi connectivity index (χ2v) is 6.80. The van der Waals surface area contributed by atoms with Gasteiger partial charge in [0.15, 0.2) is 31.6 Å². The topological polar surface area (TPSA) is 26.2 Å². The molecule has 0 radical (unpaired) electrons. The van der Waals surface area contributed by atoms with Crippen molar-refractivity contribution in [3.05, 3.63) is 70.8 Å². The molecule has 2 heterocycles. The summed E-state index contributed by atoms with van der Waals surface area (Å²) in [7, 11) is 0. The van der Waals surface area contributed by atoms with Crippen LogP contribution in [0.25, 0.3) is 0 Å². The van der Waals surface area contributed by atoms with E-state index < -0.39 is 0 Å². The first-order valence-corrected chi connectivity index (χ1v) is 8.80. The molecule has 0 bridgehead atoms. The zero-order chi connectivity index (χ0) is 16.4. The van der Waals surface area contributed by atoms with Crippen LogP contribution in [0.5, 0.6) is 0 Å². The Morgan fingerprint density at radius 2 is 1.07 bits per heavy atom. The number of rotatable bonds is 4. The molecule has 2 aromatic carbocycles. The standard InChI is InChI=1S/C21H24N2O.4BrH/c24-21(15-22-11-9-17-5-1-3-7-19(17)13-22)16-23-12-10-18-6-2-4-8-20(18)14-23;;;;/h1-8,13-14,21,24H,9-12,15-16H2;4*1H/q+2;;;;. The summed E-state index contributed by atoms with van der Waals surface area (Å²) in [4.78, 5) is 0. The number of fused-ring (bicyclic) bond motifs is 2. The van der Waals surface area contributed by atoms with Crippen LogP contribution in [0.4, 0.5) is 0 Å². The van der Waals surface area contributed by atoms with Crippen LogP contribution in [-0.4, -0.2) is 59.0 Å². The van der Waals surface area contributed by atoms with E-state index in [2.05, 4.69) is 70.1 Å². The second-order valence-electron chi connectivity index (χ2n) is 6.80. The summed E-state index contributed by atoms with van der Waals surface area (Å²) in [5.74, 6) is 0. The van der Waals surface area contributed by atoms with Gasteiger partial charge in [-0.2, -0.15) is 0 Å². The van der Waals surface area contributed by atoms with Crippen LogP contribution < -0.4 is 0 Å². The van der Waals surface area contributed by atoms with Gasteiger partial charge in [-0.15, -0.1) is 67.9 Å². The summed E-state index contributed by atoms with van der Waals surface area (Å²) in [6.07, 6.45) is 6.16. The van der Waals surface area contributed by atoms with Crippen LogP contribution in [0.1, 0.15) is 22.3 Å². The third kappa shape index (κ3) is 6.87. The molecule has 0 saturated carbocycles. The molecule has 0 amide bonds. The number of nitrogens with zero attached hydrogens (tertiary/aromatic N) is 2. The maximum absolute atomic E-state index is 10.5. The lowest BCUT2D eigenvalue weighted by Gasteiger charge is -2.16. The lowest BCUT2D eigenvalue weighted by molar-refractivity contribution is -0.566. The molecule has 1 N–H and O–H groups in total. The lowest BCUT2D eigenvalue weighted by atomic mass is 10.0. The Morgan fingerprint density at radius 3 is 1.50 bits per heavy atom. The summed E-state index contributed by atoms with van der Waals surface area (Å²) in [5.41, 5.74) is 5.39. The predicted octanol–water partition coefficient (Wildman–Crippen LogP) is 4.03. The molecule has 154 valence electrons. The average molecular weight is 644 g/mol. The highest BCUT2D eigenvalue weighted by atomic mass is 79.9. The van der Waals surface area contributed by atoms with Crippen LogP contribution in [0.3, 0.4) is 0 Å². The van der Waals surface area contributed by atoms with Crippen molar-refractivity contribution in [3.63, 3.8) is 0 Å². The zero-order valence-electron chi connectivity index (χ0n) is 15.6. The van der Waals surface area contributed by atoms with Gasteiger partial charge in [0, 0.05) is 24.0 Å². The molecule has 0 aromatic heterocycles. The summed E-state index contributed by atoms with van der Waals surface area (Å²) in [6, 6.07) is 17.1. The molecular weight excluding hydrogens is 616 g/mol. The molecule has 2 aliphatic rings. The Bertz CT molecular complexity index is 756. The van der Waals surface area contributed by atoms with Gasteiger partial charge in [-0.1, -0.05) is 36.4 Å².